The van der Waals surface area contributed by atoms with Gasteiger partial charge in [-0.25, -0.2) is 19.4 Å². The van der Waals surface area contributed by atoms with Gasteiger partial charge >= 0.3 is 5.97 Å². The fourth-order valence-electron chi connectivity index (χ4n) is 2.02. The molecule has 0 spiro atoms. The van der Waals surface area contributed by atoms with Crippen LogP contribution in [0.25, 0.3) is 5.69 Å². The van der Waals surface area contributed by atoms with E-state index in [0.717, 1.165) is 11.3 Å². The van der Waals surface area contributed by atoms with Crippen molar-refractivity contribution in [2.75, 3.05) is 0 Å². The summed E-state index contributed by atoms with van der Waals surface area (Å²) in [5.74, 6) is -0.340. The second-order valence-electron chi connectivity index (χ2n) is 4.75. The molecular formula is C15H14N4O2S. The largest absolute Gasteiger partial charge is 0.454 e. The summed E-state index contributed by atoms with van der Waals surface area (Å²) in [6.45, 7) is 3.64. The topological polar surface area (TPSA) is 69.9 Å². The molecule has 0 aliphatic heterocycles. The Kier molecular flexibility index (Phi) is 3.97. The zero-order valence-corrected chi connectivity index (χ0v) is 12.9. The van der Waals surface area contributed by atoms with Gasteiger partial charge in [-0.05, 0) is 31.5 Å². The second-order valence-corrected chi connectivity index (χ2v) is 5.60. The van der Waals surface area contributed by atoms with E-state index in [2.05, 4.69) is 15.1 Å². The van der Waals surface area contributed by atoms with Crippen molar-refractivity contribution >= 4 is 17.3 Å². The molecule has 0 fully saturated rings. The molecule has 2 aromatic heterocycles. The molecule has 0 N–H and O–H groups in total. The molecule has 0 radical (unpaired) electrons. The van der Waals surface area contributed by atoms with E-state index in [1.54, 1.807) is 23.4 Å². The van der Waals surface area contributed by atoms with Gasteiger partial charge in [0.25, 0.3) is 0 Å². The molecule has 22 heavy (non-hydrogen) atoms. The van der Waals surface area contributed by atoms with Gasteiger partial charge in [0.15, 0.2) is 0 Å². The van der Waals surface area contributed by atoms with Gasteiger partial charge in [-0.15, -0.1) is 11.3 Å². The Balaban J connectivity index is 1.71. The molecule has 112 valence electrons. The Labute approximate surface area is 131 Å². The van der Waals surface area contributed by atoms with Crippen LogP contribution in [-0.2, 0) is 4.74 Å². The van der Waals surface area contributed by atoms with Crippen LogP contribution in [0.5, 0.6) is 0 Å². The minimum absolute atomic E-state index is 0.334. The number of carbonyl (C=O) groups is 1. The minimum Gasteiger partial charge on any atom is -0.454 e. The first kappa shape index (κ1) is 14.4. The third kappa shape index (κ3) is 2.89. The lowest BCUT2D eigenvalue weighted by molar-refractivity contribution is 0.0342. The quantitative estimate of drug-likeness (QED) is 0.692. The van der Waals surface area contributed by atoms with E-state index in [1.807, 2.05) is 31.2 Å². The molecule has 1 atom stereocenters. The van der Waals surface area contributed by atoms with E-state index in [1.165, 1.54) is 17.7 Å². The van der Waals surface area contributed by atoms with Gasteiger partial charge in [-0.3, -0.25) is 0 Å². The predicted octanol–water partition coefficient (Wildman–Crippen LogP) is 2.95. The van der Waals surface area contributed by atoms with Gasteiger partial charge in [0.05, 0.1) is 16.9 Å². The summed E-state index contributed by atoms with van der Waals surface area (Å²) in [4.78, 5) is 20.6. The number of benzene rings is 1. The maximum Gasteiger partial charge on any atom is 0.350 e. The van der Waals surface area contributed by atoms with Gasteiger partial charge in [0.2, 0.25) is 0 Å². The van der Waals surface area contributed by atoms with Crippen LogP contribution < -0.4 is 0 Å². The molecule has 6 nitrogen and oxygen atoms in total. The van der Waals surface area contributed by atoms with Crippen molar-refractivity contribution in [3.63, 3.8) is 0 Å². The van der Waals surface area contributed by atoms with Crippen LogP contribution >= 0.6 is 11.3 Å². The Hall–Kier alpha value is -2.54. The van der Waals surface area contributed by atoms with Crippen molar-refractivity contribution in [2.24, 2.45) is 0 Å². The normalized spacial score (nSPS) is 12.1. The number of aryl methyl sites for hydroxylation is 1. The monoisotopic (exact) mass is 314 g/mol. The van der Waals surface area contributed by atoms with Crippen molar-refractivity contribution in [1.29, 1.82) is 0 Å². The van der Waals surface area contributed by atoms with E-state index in [-0.39, 0.29) is 12.1 Å². The molecule has 0 aliphatic carbocycles. The molecule has 0 bridgehead atoms. The zero-order valence-electron chi connectivity index (χ0n) is 12.1. The number of hydrogen-bond acceptors (Lipinski definition) is 6. The van der Waals surface area contributed by atoms with Crippen LogP contribution in [0.3, 0.4) is 0 Å². The second kappa shape index (κ2) is 6.07. The third-order valence-electron chi connectivity index (χ3n) is 3.26. The summed E-state index contributed by atoms with van der Waals surface area (Å²) in [7, 11) is 0. The highest BCUT2D eigenvalue weighted by molar-refractivity contribution is 7.11. The molecule has 0 saturated heterocycles. The summed E-state index contributed by atoms with van der Waals surface area (Å²) in [6, 6.07) is 7.64. The molecule has 3 aromatic rings. The molecule has 1 aromatic carbocycles. The lowest BCUT2D eigenvalue weighted by Gasteiger charge is -2.13. The number of esters is 1. The zero-order chi connectivity index (χ0) is 15.5. The van der Waals surface area contributed by atoms with E-state index >= 15 is 0 Å². The van der Waals surface area contributed by atoms with Gasteiger partial charge in [0.1, 0.15) is 23.6 Å². The van der Waals surface area contributed by atoms with Crippen LogP contribution in [0.4, 0.5) is 0 Å². The number of nitrogens with zero attached hydrogens (tertiary/aromatic N) is 4. The van der Waals surface area contributed by atoms with Crippen molar-refractivity contribution in [2.45, 2.75) is 20.0 Å². The summed E-state index contributed by atoms with van der Waals surface area (Å²) in [5.41, 5.74) is 4.16. The van der Waals surface area contributed by atoms with Gasteiger partial charge in [-0.1, -0.05) is 12.1 Å². The summed E-state index contributed by atoms with van der Waals surface area (Å²) < 4.78 is 7.16. The standard InChI is InChI=1S/C15H14N4O2S/c1-10-14(22-9-17-10)15(20)21-11(2)12-3-5-13(6-4-12)19-8-16-7-18-19/h3-9,11H,1-2H3/t11-/m1/s1. The molecule has 2 heterocycles. The smallest absolute Gasteiger partial charge is 0.350 e. The highest BCUT2D eigenvalue weighted by atomic mass is 32.1. The fraction of sp³-hybridized carbons (Fsp3) is 0.200. The van der Waals surface area contributed by atoms with Crippen molar-refractivity contribution < 1.29 is 9.53 Å². The van der Waals surface area contributed by atoms with E-state index in [9.17, 15) is 4.79 Å². The number of rotatable bonds is 4. The van der Waals surface area contributed by atoms with Crippen LogP contribution in [-0.4, -0.2) is 25.7 Å². The SMILES string of the molecule is Cc1ncsc1C(=O)O[C@H](C)c1ccc(-n2cncn2)cc1. The Morgan fingerprint density at radius 3 is 2.68 bits per heavy atom. The van der Waals surface area contributed by atoms with Crippen LogP contribution in [0.15, 0.2) is 42.4 Å². The number of hydrogen-bond donors (Lipinski definition) is 0. The molecule has 3 rings (SSSR count). The van der Waals surface area contributed by atoms with E-state index < -0.39 is 0 Å². The molecule has 0 saturated carbocycles. The Morgan fingerprint density at radius 2 is 2.09 bits per heavy atom. The van der Waals surface area contributed by atoms with Gasteiger partial charge < -0.3 is 4.74 Å². The highest BCUT2D eigenvalue weighted by Crippen LogP contribution is 2.22. The Bertz CT molecular complexity index is 765. The Morgan fingerprint density at radius 1 is 1.32 bits per heavy atom. The number of thiazole rings is 1. The molecule has 0 aliphatic rings. The van der Waals surface area contributed by atoms with Gasteiger partial charge in [0, 0.05) is 0 Å². The van der Waals surface area contributed by atoms with Crippen LogP contribution in [0.1, 0.15) is 34.0 Å². The first-order valence-electron chi connectivity index (χ1n) is 6.71. The van der Waals surface area contributed by atoms with Crippen molar-refractivity contribution in [3.8, 4) is 5.69 Å². The van der Waals surface area contributed by atoms with E-state index in [4.69, 9.17) is 4.74 Å². The maximum atomic E-state index is 12.1. The lowest BCUT2D eigenvalue weighted by Crippen LogP contribution is -2.09. The lowest BCUT2D eigenvalue weighted by atomic mass is 10.1. The van der Waals surface area contributed by atoms with E-state index in [0.29, 0.717) is 10.6 Å². The minimum atomic E-state index is -0.340. The molecule has 0 unspecified atom stereocenters. The molecule has 0 amide bonds. The first-order chi connectivity index (χ1) is 10.6. The van der Waals surface area contributed by atoms with Crippen molar-refractivity contribution in [1.82, 2.24) is 19.7 Å². The predicted molar refractivity (Wildman–Crippen MR) is 82.0 cm³/mol. The summed E-state index contributed by atoms with van der Waals surface area (Å²) in [5, 5.41) is 4.07. The fourth-order valence-corrected chi connectivity index (χ4v) is 2.70. The van der Waals surface area contributed by atoms with Gasteiger partial charge in [-0.2, -0.15) is 5.10 Å². The van der Waals surface area contributed by atoms with Crippen LogP contribution in [0.2, 0.25) is 0 Å². The molecule has 7 heteroatoms. The number of carbonyl (C=O) groups excluding carboxylic acids is 1. The average molecular weight is 314 g/mol. The highest BCUT2D eigenvalue weighted by Gasteiger charge is 2.17. The average Bonchev–Trinajstić information content (AvgIpc) is 3.18. The maximum absolute atomic E-state index is 12.1. The third-order valence-corrected chi connectivity index (χ3v) is 4.17. The first-order valence-corrected chi connectivity index (χ1v) is 7.59. The van der Waals surface area contributed by atoms with Crippen LogP contribution in [0, 0.1) is 6.92 Å². The molecular weight excluding hydrogens is 300 g/mol. The summed E-state index contributed by atoms with van der Waals surface area (Å²) >= 11 is 1.29. The number of ether oxygens (including phenoxy) is 1. The number of aromatic nitrogens is 4. The summed E-state index contributed by atoms with van der Waals surface area (Å²) in [6.07, 6.45) is 2.78. The van der Waals surface area contributed by atoms with Crippen molar-refractivity contribution in [3.05, 3.63) is 58.6 Å².